The maximum atomic E-state index is 11.6. The van der Waals surface area contributed by atoms with E-state index in [-0.39, 0.29) is 5.56 Å². The van der Waals surface area contributed by atoms with Gasteiger partial charge in [-0.25, -0.2) is 0 Å². The number of aryl methyl sites for hydroxylation is 3. The molecular formula is C16H18ClN3O. The minimum atomic E-state index is -0.575. The summed E-state index contributed by atoms with van der Waals surface area (Å²) in [6, 6.07) is 7.24. The van der Waals surface area contributed by atoms with Crippen molar-refractivity contribution >= 4 is 34.6 Å². The van der Waals surface area contributed by atoms with Crippen LogP contribution in [-0.2, 0) is 0 Å². The quantitative estimate of drug-likeness (QED) is 0.756. The highest BCUT2D eigenvalue weighted by atomic mass is 35.5. The van der Waals surface area contributed by atoms with Crippen molar-refractivity contribution in [2.24, 2.45) is 5.73 Å². The largest absolute Gasteiger partial charge is 0.399 e. The molecule has 0 spiro atoms. The topological polar surface area (TPSA) is 81.1 Å². The molecule has 2 aromatic carbocycles. The van der Waals surface area contributed by atoms with E-state index in [1.165, 1.54) is 11.6 Å². The van der Waals surface area contributed by atoms with Gasteiger partial charge in [-0.15, -0.1) is 0 Å². The maximum absolute atomic E-state index is 11.6. The molecule has 0 saturated heterocycles. The van der Waals surface area contributed by atoms with Crippen LogP contribution in [0.15, 0.2) is 24.3 Å². The zero-order valence-electron chi connectivity index (χ0n) is 12.3. The third kappa shape index (κ3) is 3.11. The zero-order valence-corrected chi connectivity index (χ0v) is 13.0. The van der Waals surface area contributed by atoms with Gasteiger partial charge < -0.3 is 16.8 Å². The van der Waals surface area contributed by atoms with E-state index < -0.39 is 5.91 Å². The van der Waals surface area contributed by atoms with Gasteiger partial charge in [0, 0.05) is 11.4 Å². The summed E-state index contributed by atoms with van der Waals surface area (Å²) < 4.78 is 0. The molecule has 5 N–H and O–H groups in total. The third-order valence-corrected chi connectivity index (χ3v) is 3.60. The molecule has 0 radical (unpaired) electrons. The number of hydrogen-bond donors (Lipinski definition) is 3. The SMILES string of the molecule is Cc1cc(C)c(Nc2c(Cl)cc(N)cc2C(N)=O)c(C)c1. The number of rotatable bonds is 3. The summed E-state index contributed by atoms with van der Waals surface area (Å²) in [6.45, 7) is 6.03. The number of halogens is 1. The molecule has 0 fully saturated rings. The molecule has 0 aromatic heterocycles. The smallest absolute Gasteiger partial charge is 0.250 e. The van der Waals surface area contributed by atoms with Gasteiger partial charge >= 0.3 is 0 Å². The Labute approximate surface area is 129 Å². The highest BCUT2D eigenvalue weighted by molar-refractivity contribution is 6.34. The average molecular weight is 304 g/mol. The fourth-order valence-electron chi connectivity index (χ4n) is 2.45. The first-order valence-electron chi connectivity index (χ1n) is 6.53. The predicted octanol–water partition coefficient (Wildman–Crippen LogP) is 3.69. The molecule has 2 aromatic rings. The number of carbonyl (C=O) groups excluding carboxylic acids is 1. The second-order valence-corrected chi connectivity index (χ2v) is 5.60. The van der Waals surface area contributed by atoms with Crippen molar-refractivity contribution in [3.63, 3.8) is 0 Å². The third-order valence-electron chi connectivity index (χ3n) is 3.31. The molecule has 0 aliphatic rings. The molecule has 0 aliphatic carbocycles. The second kappa shape index (κ2) is 5.66. The fourth-order valence-corrected chi connectivity index (χ4v) is 2.73. The number of nitrogen functional groups attached to an aromatic ring is 1. The Morgan fingerprint density at radius 2 is 1.62 bits per heavy atom. The van der Waals surface area contributed by atoms with Crippen molar-refractivity contribution in [2.75, 3.05) is 11.1 Å². The highest BCUT2D eigenvalue weighted by Crippen LogP contribution is 2.34. The first-order chi connectivity index (χ1) is 9.79. The second-order valence-electron chi connectivity index (χ2n) is 5.19. The van der Waals surface area contributed by atoms with Crippen molar-refractivity contribution in [3.8, 4) is 0 Å². The van der Waals surface area contributed by atoms with E-state index >= 15 is 0 Å². The number of anilines is 3. The number of carbonyl (C=O) groups is 1. The summed E-state index contributed by atoms with van der Waals surface area (Å²) in [6.07, 6.45) is 0. The van der Waals surface area contributed by atoms with Gasteiger partial charge in [0.05, 0.1) is 16.3 Å². The molecule has 21 heavy (non-hydrogen) atoms. The molecule has 0 bridgehead atoms. The summed E-state index contributed by atoms with van der Waals surface area (Å²) in [5, 5.41) is 3.59. The van der Waals surface area contributed by atoms with Crippen LogP contribution in [0.5, 0.6) is 0 Å². The van der Waals surface area contributed by atoms with Gasteiger partial charge in [0.2, 0.25) is 0 Å². The average Bonchev–Trinajstić information content (AvgIpc) is 2.34. The van der Waals surface area contributed by atoms with Gasteiger partial charge in [-0.3, -0.25) is 4.79 Å². The van der Waals surface area contributed by atoms with Gasteiger partial charge in [-0.1, -0.05) is 29.3 Å². The Morgan fingerprint density at radius 3 is 2.14 bits per heavy atom. The number of hydrogen-bond acceptors (Lipinski definition) is 3. The number of nitrogens with one attached hydrogen (secondary N) is 1. The van der Waals surface area contributed by atoms with Crippen LogP contribution in [0.4, 0.5) is 17.1 Å². The summed E-state index contributed by atoms with van der Waals surface area (Å²) in [4.78, 5) is 11.6. The van der Waals surface area contributed by atoms with Crippen LogP contribution in [-0.4, -0.2) is 5.91 Å². The molecule has 0 aliphatic heterocycles. The molecule has 2 rings (SSSR count). The summed E-state index contributed by atoms with van der Waals surface area (Å²) in [5.74, 6) is -0.575. The summed E-state index contributed by atoms with van der Waals surface area (Å²) >= 11 is 6.21. The van der Waals surface area contributed by atoms with Gasteiger partial charge in [0.1, 0.15) is 0 Å². The Bertz CT molecular complexity index is 703. The lowest BCUT2D eigenvalue weighted by molar-refractivity contribution is 0.100. The van der Waals surface area contributed by atoms with Crippen molar-refractivity contribution in [2.45, 2.75) is 20.8 Å². The minimum absolute atomic E-state index is 0.277. The van der Waals surface area contributed by atoms with Gasteiger partial charge in [-0.2, -0.15) is 0 Å². The van der Waals surface area contributed by atoms with Crippen molar-refractivity contribution < 1.29 is 4.79 Å². The van der Waals surface area contributed by atoms with Crippen LogP contribution >= 0.6 is 11.6 Å². The Hall–Kier alpha value is -2.20. The Kier molecular flexibility index (Phi) is 4.09. The molecule has 4 nitrogen and oxygen atoms in total. The monoisotopic (exact) mass is 303 g/mol. The van der Waals surface area contributed by atoms with Crippen LogP contribution < -0.4 is 16.8 Å². The first-order valence-corrected chi connectivity index (χ1v) is 6.91. The normalized spacial score (nSPS) is 10.5. The molecule has 0 unspecified atom stereocenters. The number of nitrogens with two attached hydrogens (primary N) is 2. The molecule has 5 heteroatoms. The number of amides is 1. The first kappa shape index (κ1) is 15.2. The Morgan fingerprint density at radius 1 is 1.05 bits per heavy atom. The van der Waals surface area contributed by atoms with Crippen molar-refractivity contribution in [1.29, 1.82) is 0 Å². The van der Waals surface area contributed by atoms with Gasteiger partial charge in [0.25, 0.3) is 5.91 Å². The van der Waals surface area contributed by atoms with E-state index in [9.17, 15) is 4.79 Å². The summed E-state index contributed by atoms with van der Waals surface area (Å²) in [5.41, 5.74) is 16.5. The molecular weight excluding hydrogens is 286 g/mol. The lowest BCUT2D eigenvalue weighted by Gasteiger charge is -2.17. The molecule has 1 amide bonds. The zero-order chi connectivity index (χ0) is 15.7. The van der Waals surface area contributed by atoms with Crippen LogP contribution in [0.1, 0.15) is 27.0 Å². The Balaban J connectivity index is 2.57. The van der Waals surface area contributed by atoms with Crippen molar-refractivity contribution in [3.05, 3.63) is 51.5 Å². The maximum Gasteiger partial charge on any atom is 0.250 e. The number of benzene rings is 2. The van der Waals surface area contributed by atoms with E-state index in [0.717, 1.165) is 16.8 Å². The van der Waals surface area contributed by atoms with E-state index in [0.29, 0.717) is 16.4 Å². The van der Waals surface area contributed by atoms with Crippen LogP contribution in [0.25, 0.3) is 0 Å². The number of primary amides is 1. The standard InChI is InChI=1S/C16H18ClN3O/c1-8-4-9(2)14(10(3)5-8)20-15-12(16(19)21)6-11(18)7-13(15)17/h4-7,20H,18H2,1-3H3,(H2,19,21). The van der Waals surface area contributed by atoms with Crippen LogP contribution in [0, 0.1) is 20.8 Å². The lowest BCUT2D eigenvalue weighted by atomic mass is 10.0. The fraction of sp³-hybridized carbons (Fsp3) is 0.188. The highest BCUT2D eigenvalue weighted by Gasteiger charge is 2.15. The molecule has 0 saturated carbocycles. The minimum Gasteiger partial charge on any atom is -0.399 e. The van der Waals surface area contributed by atoms with E-state index in [1.807, 2.05) is 20.8 Å². The van der Waals surface area contributed by atoms with E-state index in [4.69, 9.17) is 23.1 Å². The molecule has 110 valence electrons. The van der Waals surface area contributed by atoms with Gasteiger partial charge in [-0.05, 0) is 44.0 Å². The molecule has 0 heterocycles. The van der Waals surface area contributed by atoms with Gasteiger partial charge in [0.15, 0.2) is 0 Å². The molecule has 0 atom stereocenters. The van der Waals surface area contributed by atoms with E-state index in [2.05, 4.69) is 17.4 Å². The summed E-state index contributed by atoms with van der Waals surface area (Å²) in [7, 11) is 0. The predicted molar refractivity (Wildman–Crippen MR) is 88.3 cm³/mol. The lowest BCUT2D eigenvalue weighted by Crippen LogP contribution is -2.14. The van der Waals surface area contributed by atoms with Crippen LogP contribution in [0.2, 0.25) is 5.02 Å². The van der Waals surface area contributed by atoms with Crippen molar-refractivity contribution in [1.82, 2.24) is 0 Å². The van der Waals surface area contributed by atoms with E-state index in [1.54, 1.807) is 6.07 Å². The van der Waals surface area contributed by atoms with Crippen LogP contribution in [0.3, 0.4) is 0 Å².